The van der Waals surface area contributed by atoms with Crippen LogP contribution in [0.3, 0.4) is 0 Å². The molecule has 1 rings (SSSR count). The summed E-state index contributed by atoms with van der Waals surface area (Å²) < 4.78 is 0. The van der Waals surface area contributed by atoms with Gasteiger partial charge in [-0.3, -0.25) is 14.4 Å². The number of hydrogen-bond acceptors (Lipinski definition) is 7. The third-order valence-electron chi connectivity index (χ3n) is 5.18. The van der Waals surface area contributed by atoms with E-state index in [9.17, 15) is 29.4 Å². The molecule has 3 amide bonds. The van der Waals surface area contributed by atoms with E-state index in [1.807, 2.05) is 20.1 Å². The summed E-state index contributed by atoms with van der Waals surface area (Å²) in [5, 5.41) is 24.5. The van der Waals surface area contributed by atoms with Gasteiger partial charge in [-0.1, -0.05) is 13.8 Å². The SMILES string of the molecule is CSCCC(N)C(=O)NC(C(=O)NC(CC(C)C)C(=O)N1CCCC1C(=O)O)C(C)O. The Morgan fingerprint density at radius 2 is 1.81 bits per heavy atom. The fourth-order valence-electron chi connectivity index (χ4n) is 3.48. The van der Waals surface area contributed by atoms with Crippen molar-refractivity contribution in [2.75, 3.05) is 18.6 Å². The summed E-state index contributed by atoms with van der Waals surface area (Å²) in [5.41, 5.74) is 5.84. The number of carbonyl (C=O) groups excluding carboxylic acids is 3. The second-order valence-electron chi connectivity index (χ2n) is 8.33. The first kappa shape index (κ1) is 27.2. The molecule has 5 atom stereocenters. The minimum atomic E-state index is -1.29. The van der Waals surface area contributed by atoms with Crippen LogP contribution in [0.15, 0.2) is 0 Å². The van der Waals surface area contributed by atoms with Gasteiger partial charge < -0.3 is 31.5 Å². The topological polar surface area (TPSA) is 162 Å². The lowest BCUT2D eigenvalue weighted by Gasteiger charge is -2.30. The predicted octanol–water partition coefficient (Wildman–Crippen LogP) is -0.461. The molecule has 1 saturated heterocycles. The Labute approximate surface area is 187 Å². The first-order valence-corrected chi connectivity index (χ1v) is 12.0. The number of thioether (sulfide) groups is 1. The second kappa shape index (κ2) is 12.9. The Hall–Kier alpha value is -1.85. The average Bonchev–Trinajstić information content (AvgIpc) is 3.18. The highest BCUT2D eigenvalue weighted by Gasteiger charge is 2.39. The predicted molar refractivity (Wildman–Crippen MR) is 118 cm³/mol. The van der Waals surface area contributed by atoms with Crippen molar-refractivity contribution in [2.45, 2.75) is 76.7 Å². The molecular weight excluding hydrogens is 424 g/mol. The van der Waals surface area contributed by atoms with Gasteiger partial charge in [0, 0.05) is 6.54 Å². The standard InChI is InChI=1S/C20H36N4O6S/c1-11(2)10-14(19(28)24-8-5-6-15(24)20(29)30)22-18(27)16(12(3)25)23-17(26)13(21)7-9-31-4/h11-16,25H,5-10,21H2,1-4H3,(H,22,27)(H,23,26)(H,29,30). The number of carboxylic acid groups (broad SMARTS) is 1. The summed E-state index contributed by atoms with van der Waals surface area (Å²) in [5.74, 6) is -2.11. The first-order chi connectivity index (χ1) is 14.5. The third kappa shape index (κ3) is 8.30. The van der Waals surface area contributed by atoms with E-state index in [1.165, 1.54) is 23.6 Å². The number of carboxylic acids is 1. The van der Waals surface area contributed by atoms with Gasteiger partial charge in [-0.05, 0) is 50.5 Å². The molecule has 11 heteroatoms. The lowest BCUT2D eigenvalue weighted by Crippen LogP contribution is -2.60. The van der Waals surface area contributed by atoms with Crippen molar-refractivity contribution < 1.29 is 29.4 Å². The molecule has 0 aliphatic carbocycles. The molecule has 1 aliphatic rings. The van der Waals surface area contributed by atoms with Gasteiger partial charge in [-0.25, -0.2) is 4.79 Å². The minimum absolute atomic E-state index is 0.0414. The zero-order valence-electron chi connectivity index (χ0n) is 18.7. The number of nitrogens with one attached hydrogen (secondary N) is 2. The van der Waals surface area contributed by atoms with Crippen molar-refractivity contribution in [3.8, 4) is 0 Å². The molecule has 178 valence electrons. The van der Waals surface area contributed by atoms with Gasteiger partial charge in [-0.15, -0.1) is 0 Å². The van der Waals surface area contributed by atoms with E-state index >= 15 is 0 Å². The highest BCUT2D eigenvalue weighted by molar-refractivity contribution is 7.98. The van der Waals surface area contributed by atoms with E-state index in [1.54, 1.807) is 0 Å². The number of carbonyl (C=O) groups is 4. The molecule has 1 aliphatic heterocycles. The van der Waals surface area contributed by atoms with Crippen LogP contribution in [0.1, 0.15) is 46.5 Å². The summed E-state index contributed by atoms with van der Waals surface area (Å²) in [6.07, 6.45) is 2.32. The van der Waals surface area contributed by atoms with Crippen LogP contribution < -0.4 is 16.4 Å². The summed E-state index contributed by atoms with van der Waals surface area (Å²) in [7, 11) is 0. The Bertz CT molecular complexity index is 645. The molecule has 0 spiro atoms. The fourth-order valence-corrected chi connectivity index (χ4v) is 3.97. The van der Waals surface area contributed by atoms with E-state index in [4.69, 9.17) is 5.73 Å². The number of likely N-dealkylation sites (tertiary alicyclic amines) is 1. The molecule has 6 N–H and O–H groups in total. The molecule has 0 bridgehead atoms. The Morgan fingerprint density at radius 1 is 1.16 bits per heavy atom. The second-order valence-corrected chi connectivity index (χ2v) is 9.32. The molecule has 0 saturated carbocycles. The van der Waals surface area contributed by atoms with Crippen LogP contribution in [0, 0.1) is 5.92 Å². The van der Waals surface area contributed by atoms with Gasteiger partial charge in [0.25, 0.3) is 0 Å². The van der Waals surface area contributed by atoms with E-state index in [0.717, 1.165) is 0 Å². The Morgan fingerprint density at radius 3 is 2.32 bits per heavy atom. The van der Waals surface area contributed by atoms with Crippen LogP contribution in [0.2, 0.25) is 0 Å². The molecule has 0 radical (unpaired) electrons. The molecule has 0 aromatic carbocycles. The highest BCUT2D eigenvalue weighted by Crippen LogP contribution is 2.20. The summed E-state index contributed by atoms with van der Waals surface area (Å²) in [4.78, 5) is 51.0. The van der Waals surface area contributed by atoms with Gasteiger partial charge >= 0.3 is 5.97 Å². The number of nitrogens with zero attached hydrogens (tertiary/aromatic N) is 1. The zero-order chi connectivity index (χ0) is 23.7. The van der Waals surface area contributed by atoms with Crippen molar-refractivity contribution in [1.82, 2.24) is 15.5 Å². The van der Waals surface area contributed by atoms with Crippen LogP contribution >= 0.6 is 11.8 Å². The maximum atomic E-state index is 13.0. The van der Waals surface area contributed by atoms with Crippen LogP contribution in [0.25, 0.3) is 0 Å². The van der Waals surface area contributed by atoms with E-state index < -0.39 is 54.0 Å². The zero-order valence-corrected chi connectivity index (χ0v) is 19.5. The molecule has 5 unspecified atom stereocenters. The van der Waals surface area contributed by atoms with Crippen molar-refractivity contribution in [3.05, 3.63) is 0 Å². The van der Waals surface area contributed by atoms with Crippen molar-refractivity contribution in [1.29, 1.82) is 0 Å². The summed E-state index contributed by atoms with van der Waals surface area (Å²) in [6, 6.07) is -3.99. The average molecular weight is 461 g/mol. The lowest BCUT2D eigenvalue weighted by molar-refractivity contribution is -0.149. The minimum Gasteiger partial charge on any atom is -0.480 e. The fraction of sp³-hybridized carbons (Fsp3) is 0.800. The molecule has 0 aromatic heterocycles. The van der Waals surface area contributed by atoms with Gasteiger partial charge in [0.15, 0.2) is 0 Å². The molecular formula is C20H36N4O6S. The number of nitrogens with two attached hydrogens (primary N) is 1. The molecule has 0 aromatic rings. The molecule has 31 heavy (non-hydrogen) atoms. The summed E-state index contributed by atoms with van der Waals surface area (Å²) in [6.45, 7) is 5.42. The largest absolute Gasteiger partial charge is 0.480 e. The lowest BCUT2D eigenvalue weighted by atomic mass is 10.0. The number of amides is 3. The van der Waals surface area contributed by atoms with Gasteiger partial charge in [-0.2, -0.15) is 11.8 Å². The molecule has 1 fully saturated rings. The van der Waals surface area contributed by atoms with Gasteiger partial charge in [0.05, 0.1) is 12.1 Å². The van der Waals surface area contributed by atoms with Crippen LogP contribution in [-0.2, 0) is 19.2 Å². The maximum Gasteiger partial charge on any atom is 0.326 e. The van der Waals surface area contributed by atoms with Crippen molar-refractivity contribution >= 4 is 35.5 Å². The Balaban J connectivity index is 2.93. The number of aliphatic hydroxyl groups is 1. The smallest absolute Gasteiger partial charge is 0.326 e. The van der Waals surface area contributed by atoms with Crippen molar-refractivity contribution in [3.63, 3.8) is 0 Å². The number of hydrogen-bond donors (Lipinski definition) is 5. The first-order valence-electron chi connectivity index (χ1n) is 10.6. The number of aliphatic hydroxyl groups excluding tert-OH is 1. The van der Waals surface area contributed by atoms with Crippen molar-refractivity contribution in [2.24, 2.45) is 11.7 Å². The quantitative estimate of drug-likeness (QED) is 0.261. The van der Waals surface area contributed by atoms with E-state index in [2.05, 4.69) is 10.6 Å². The van der Waals surface area contributed by atoms with E-state index in [-0.39, 0.29) is 5.92 Å². The van der Waals surface area contributed by atoms with Gasteiger partial charge in [0.1, 0.15) is 18.1 Å². The third-order valence-corrected chi connectivity index (χ3v) is 5.82. The molecule has 10 nitrogen and oxygen atoms in total. The van der Waals surface area contributed by atoms with Crippen LogP contribution in [0.4, 0.5) is 0 Å². The van der Waals surface area contributed by atoms with E-state index in [0.29, 0.717) is 38.0 Å². The van der Waals surface area contributed by atoms with Gasteiger partial charge in [0.2, 0.25) is 17.7 Å². The number of rotatable bonds is 12. The number of aliphatic carboxylic acids is 1. The van der Waals surface area contributed by atoms with Crippen LogP contribution in [-0.4, -0.2) is 87.6 Å². The monoisotopic (exact) mass is 460 g/mol. The maximum absolute atomic E-state index is 13.0. The van der Waals surface area contributed by atoms with Crippen LogP contribution in [0.5, 0.6) is 0 Å². The Kier molecular flexibility index (Phi) is 11.3. The molecule has 1 heterocycles. The summed E-state index contributed by atoms with van der Waals surface area (Å²) >= 11 is 1.54. The normalized spacial score (nSPS) is 20.1. The highest BCUT2D eigenvalue weighted by atomic mass is 32.2.